The summed E-state index contributed by atoms with van der Waals surface area (Å²) in [5.41, 5.74) is 0. The summed E-state index contributed by atoms with van der Waals surface area (Å²) < 4.78 is 5.55. The zero-order chi connectivity index (χ0) is 10.2. The van der Waals surface area contributed by atoms with Crippen molar-refractivity contribution in [1.29, 1.82) is 0 Å². The highest BCUT2D eigenvalue weighted by molar-refractivity contribution is 4.83. The first kappa shape index (κ1) is 12.0. The first-order chi connectivity index (χ1) is 6.88. The first-order valence-corrected chi connectivity index (χ1v) is 6.14. The van der Waals surface area contributed by atoms with Gasteiger partial charge in [0.05, 0.1) is 12.2 Å². The van der Waals surface area contributed by atoms with Crippen LogP contribution in [0.1, 0.15) is 58.3 Å². The molecule has 1 heterocycles. The second kappa shape index (κ2) is 7.24. The van der Waals surface area contributed by atoms with Gasteiger partial charge in [0.15, 0.2) is 0 Å². The minimum atomic E-state index is 0.351. The molecule has 1 aliphatic rings. The molecule has 2 heteroatoms. The van der Waals surface area contributed by atoms with Crippen LogP contribution in [0.5, 0.6) is 0 Å². The molecule has 0 aromatic carbocycles. The van der Waals surface area contributed by atoms with E-state index in [1.807, 2.05) is 0 Å². The molecular weight excluding hydrogens is 176 g/mol. The summed E-state index contributed by atoms with van der Waals surface area (Å²) >= 11 is 0. The molecule has 2 unspecified atom stereocenters. The summed E-state index contributed by atoms with van der Waals surface area (Å²) in [6, 6.07) is 0. The van der Waals surface area contributed by atoms with Crippen LogP contribution in [0.25, 0.3) is 0 Å². The molecule has 2 nitrogen and oxygen atoms in total. The second-order valence-corrected chi connectivity index (χ2v) is 4.28. The average Bonchev–Trinajstić information content (AvgIpc) is 2.91. The molecule has 1 fully saturated rings. The highest BCUT2D eigenvalue weighted by Gasteiger charge is 2.36. The Kier molecular flexibility index (Phi) is 6.20. The summed E-state index contributed by atoms with van der Waals surface area (Å²) in [5.74, 6) is 0. The molecule has 0 aromatic heterocycles. The molecule has 1 rings (SSSR count). The molecule has 84 valence electrons. The Morgan fingerprint density at radius 3 is 2.29 bits per heavy atom. The second-order valence-electron chi connectivity index (χ2n) is 4.28. The molecule has 0 spiro atoms. The predicted molar refractivity (Wildman–Crippen MR) is 58.4 cm³/mol. The number of epoxide rings is 1. The Hall–Kier alpha value is -0.0800. The van der Waals surface area contributed by atoms with E-state index in [0.29, 0.717) is 18.8 Å². The van der Waals surface area contributed by atoms with E-state index in [1.54, 1.807) is 0 Å². The van der Waals surface area contributed by atoms with Gasteiger partial charge in [0.1, 0.15) is 0 Å². The zero-order valence-electron chi connectivity index (χ0n) is 9.37. The van der Waals surface area contributed by atoms with Crippen molar-refractivity contribution in [2.24, 2.45) is 0 Å². The van der Waals surface area contributed by atoms with Crippen molar-refractivity contribution in [3.8, 4) is 0 Å². The van der Waals surface area contributed by atoms with Gasteiger partial charge in [-0.2, -0.15) is 0 Å². The fourth-order valence-electron chi connectivity index (χ4n) is 1.96. The van der Waals surface area contributed by atoms with Crippen molar-refractivity contribution in [2.45, 2.75) is 70.5 Å². The Labute approximate surface area is 87.7 Å². The summed E-state index contributed by atoms with van der Waals surface area (Å²) in [6.45, 7) is 2.57. The van der Waals surface area contributed by atoms with Crippen LogP contribution in [-0.4, -0.2) is 23.9 Å². The van der Waals surface area contributed by atoms with Gasteiger partial charge in [0.2, 0.25) is 0 Å². The van der Waals surface area contributed by atoms with Gasteiger partial charge >= 0.3 is 0 Å². The highest BCUT2D eigenvalue weighted by atomic mass is 16.6. The molecule has 0 saturated carbocycles. The number of rotatable bonds is 9. The molecule has 14 heavy (non-hydrogen) atoms. The summed E-state index contributed by atoms with van der Waals surface area (Å²) in [5, 5.41) is 8.59. The number of hydrogen-bond acceptors (Lipinski definition) is 2. The van der Waals surface area contributed by atoms with E-state index < -0.39 is 0 Å². The number of unbranched alkanes of at least 4 members (excludes halogenated alkanes) is 4. The Bertz CT molecular complexity index is 136. The van der Waals surface area contributed by atoms with Crippen molar-refractivity contribution in [3.63, 3.8) is 0 Å². The number of aliphatic hydroxyl groups is 1. The highest BCUT2D eigenvalue weighted by Crippen LogP contribution is 2.30. The third-order valence-electron chi connectivity index (χ3n) is 2.91. The van der Waals surface area contributed by atoms with Crippen LogP contribution < -0.4 is 0 Å². The van der Waals surface area contributed by atoms with Gasteiger partial charge in [-0.25, -0.2) is 0 Å². The maximum absolute atomic E-state index is 8.59. The van der Waals surface area contributed by atoms with Crippen LogP contribution in [-0.2, 0) is 4.74 Å². The molecule has 1 saturated heterocycles. The van der Waals surface area contributed by atoms with E-state index in [0.717, 1.165) is 6.42 Å². The van der Waals surface area contributed by atoms with E-state index in [-0.39, 0.29) is 0 Å². The third kappa shape index (κ3) is 4.97. The third-order valence-corrected chi connectivity index (χ3v) is 2.91. The van der Waals surface area contributed by atoms with Crippen LogP contribution in [0, 0.1) is 0 Å². The fraction of sp³-hybridized carbons (Fsp3) is 1.00. The lowest BCUT2D eigenvalue weighted by atomic mass is 10.1. The van der Waals surface area contributed by atoms with Crippen LogP contribution in [0.2, 0.25) is 0 Å². The minimum absolute atomic E-state index is 0.351. The molecule has 0 bridgehead atoms. The van der Waals surface area contributed by atoms with Crippen LogP contribution in [0.3, 0.4) is 0 Å². The topological polar surface area (TPSA) is 32.8 Å². The van der Waals surface area contributed by atoms with Crippen LogP contribution in [0.15, 0.2) is 0 Å². The number of ether oxygens (including phenoxy) is 1. The van der Waals surface area contributed by atoms with Crippen molar-refractivity contribution in [1.82, 2.24) is 0 Å². The maximum Gasteiger partial charge on any atom is 0.0841 e. The van der Waals surface area contributed by atoms with E-state index >= 15 is 0 Å². The minimum Gasteiger partial charge on any atom is -0.396 e. The summed E-state index contributed by atoms with van der Waals surface area (Å²) in [7, 11) is 0. The molecule has 0 aromatic rings. The monoisotopic (exact) mass is 200 g/mol. The summed E-state index contributed by atoms with van der Waals surface area (Å²) in [6.07, 6.45) is 11.0. The molecule has 0 radical (unpaired) electrons. The molecule has 1 N–H and O–H groups in total. The normalized spacial score (nSPS) is 25.3. The van der Waals surface area contributed by atoms with Gasteiger partial charge in [-0.1, -0.05) is 39.0 Å². The number of aliphatic hydroxyl groups excluding tert-OH is 1. The summed E-state index contributed by atoms with van der Waals surface area (Å²) in [4.78, 5) is 0. The van der Waals surface area contributed by atoms with Gasteiger partial charge in [0.25, 0.3) is 0 Å². The lowest BCUT2D eigenvalue weighted by molar-refractivity contribution is 0.282. The first-order valence-electron chi connectivity index (χ1n) is 6.14. The Morgan fingerprint density at radius 1 is 0.929 bits per heavy atom. The van der Waals surface area contributed by atoms with Gasteiger partial charge in [-0.3, -0.25) is 0 Å². The van der Waals surface area contributed by atoms with Crippen molar-refractivity contribution < 1.29 is 9.84 Å². The largest absolute Gasteiger partial charge is 0.396 e. The Morgan fingerprint density at radius 2 is 1.57 bits per heavy atom. The molecule has 0 aliphatic carbocycles. The maximum atomic E-state index is 8.59. The van der Waals surface area contributed by atoms with E-state index in [4.69, 9.17) is 9.84 Å². The van der Waals surface area contributed by atoms with Gasteiger partial charge < -0.3 is 9.84 Å². The molecule has 0 amide bonds. The predicted octanol–water partition coefficient (Wildman–Crippen LogP) is 2.89. The van der Waals surface area contributed by atoms with Crippen LogP contribution >= 0.6 is 0 Å². The van der Waals surface area contributed by atoms with Gasteiger partial charge in [-0.05, 0) is 19.3 Å². The SMILES string of the molecule is CCCC1OC1CCCCCCCO. The van der Waals surface area contributed by atoms with Crippen LogP contribution in [0.4, 0.5) is 0 Å². The smallest absolute Gasteiger partial charge is 0.0841 e. The average molecular weight is 200 g/mol. The fourth-order valence-corrected chi connectivity index (χ4v) is 1.96. The quantitative estimate of drug-likeness (QED) is 0.458. The molecule has 2 atom stereocenters. The molecule has 1 aliphatic heterocycles. The van der Waals surface area contributed by atoms with Gasteiger partial charge in [-0.15, -0.1) is 0 Å². The lowest BCUT2D eigenvalue weighted by Gasteiger charge is -1.98. The van der Waals surface area contributed by atoms with E-state index in [9.17, 15) is 0 Å². The van der Waals surface area contributed by atoms with Gasteiger partial charge in [0, 0.05) is 6.61 Å². The standard InChI is InChI=1S/C12H24O2/c1-2-8-11-12(14-11)9-6-4-3-5-7-10-13/h11-13H,2-10H2,1H3. The van der Waals surface area contributed by atoms with Crippen molar-refractivity contribution in [2.75, 3.05) is 6.61 Å². The van der Waals surface area contributed by atoms with E-state index in [2.05, 4.69) is 6.92 Å². The molecular formula is C12H24O2. The Balaban J connectivity index is 1.77. The van der Waals surface area contributed by atoms with E-state index in [1.165, 1.54) is 44.9 Å². The number of hydrogen-bond donors (Lipinski definition) is 1. The van der Waals surface area contributed by atoms with Crippen molar-refractivity contribution >= 4 is 0 Å². The van der Waals surface area contributed by atoms with Crippen molar-refractivity contribution in [3.05, 3.63) is 0 Å². The lowest BCUT2D eigenvalue weighted by Crippen LogP contribution is -1.93. The zero-order valence-corrected chi connectivity index (χ0v) is 9.37.